The first-order valence-corrected chi connectivity index (χ1v) is 4.60. The molecule has 74 valence electrons. The Bertz CT molecular complexity index is 374. The molecule has 0 aromatic carbocycles. The predicted octanol–water partition coefficient (Wildman–Crippen LogP) is 0.547. The molecular formula is C9H13N5. The van der Waals surface area contributed by atoms with E-state index in [1.807, 2.05) is 21.5 Å². The number of nitrogens with two attached hydrogens (primary N) is 1. The maximum atomic E-state index is 5.57. The van der Waals surface area contributed by atoms with Crippen molar-refractivity contribution in [1.29, 1.82) is 0 Å². The third-order valence-corrected chi connectivity index (χ3v) is 2.15. The molecule has 0 atom stereocenters. The van der Waals surface area contributed by atoms with E-state index in [2.05, 4.69) is 16.9 Å². The second kappa shape index (κ2) is 3.63. The lowest BCUT2D eigenvalue weighted by atomic mass is 10.6. The highest BCUT2D eigenvalue weighted by molar-refractivity contribution is 5.17. The van der Waals surface area contributed by atoms with Gasteiger partial charge in [-0.2, -0.15) is 0 Å². The van der Waals surface area contributed by atoms with E-state index in [0.717, 1.165) is 18.3 Å². The molecule has 2 rings (SSSR count). The van der Waals surface area contributed by atoms with Gasteiger partial charge in [-0.25, -0.2) is 9.97 Å². The zero-order chi connectivity index (χ0) is 9.97. The monoisotopic (exact) mass is 191 g/mol. The summed E-state index contributed by atoms with van der Waals surface area (Å²) in [5, 5.41) is 0. The summed E-state index contributed by atoms with van der Waals surface area (Å²) in [5.74, 6) is 1.69. The topological polar surface area (TPSA) is 61.7 Å². The van der Waals surface area contributed by atoms with Crippen molar-refractivity contribution in [3.05, 3.63) is 30.6 Å². The predicted molar refractivity (Wildman–Crippen MR) is 52.9 cm³/mol. The molecule has 0 saturated carbocycles. The van der Waals surface area contributed by atoms with Crippen molar-refractivity contribution < 1.29 is 0 Å². The average Bonchev–Trinajstić information content (AvgIpc) is 2.85. The van der Waals surface area contributed by atoms with E-state index >= 15 is 0 Å². The summed E-state index contributed by atoms with van der Waals surface area (Å²) in [7, 11) is 0. The molecule has 0 amide bonds. The van der Waals surface area contributed by atoms with Crippen LogP contribution in [0, 0.1) is 0 Å². The Balaban J connectivity index is 2.48. The minimum atomic E-state index is 0.420. The van der Waals surface area contributed by atoms with Gasteiger partial charge in [0.2, 0.25) is 5.95 Å². The maximum absolute atomic E-state index is 5.57. The van der Waals surface area contributed by atoms with Gasteiger partial charge in [-0.3, -0.25) is 4.57 Å². The van der Waals surface area contributed by atoms with Crippen LogP contribution in [0.1, 0.15) is 12.7 Å². The minimum Gasteiger partial charge on any atom is -0.324 e. The van der Waals surface area contributed by atoms with Gasteiger partial charge in [-0.1, -0.05) is 0 Å². The van der Waals surface area contributed by atoms with Gasteiger partial charge in [0.1, 0.15) is 5.82 Å². The van der Waals surface area contributed by atoms with Crippen LogP contribution in [0.4, 0.5) is 0 Å². The van der Waals surface area contributed by atoms with Crippen molar-refractivity contribution >= 4 is 0 Å². The fourth-order valence-electron chi connectivity index (χ4n) is 1.44. The maximum Gasteiger partial charge on any atom is 0.215 e. The molecule has 0 bridgehead atoms. The number of aromatic nitrogens is 4. The molecule has 2 aromatic heterocycles. The molecule has 14 heavy (non-hydrogen) atoms. The van der Waals surface area contributed by atoms with Crippen LogP contribution >= 0.6 is 0 Å². The highest BCUT2D eigenvalue weighted by Gasteiger charge is 2.07. The van der Waals surface area contributed by atoms with Crippen LogP contribution in [0.25, 0.3) is 5.95 Å². The molecule has 5 nitrogen and oxygen atoms in total. The zero-order valence-corrected chi connectivity index (χ0v) is 8.09. The van der Waals surface area contributed by atoms with Gasteiger partial charge in [0.15, 0.2) is 0 Å². The summed E-state index contributed by atoms with van der Waals surface area (Å²) in [6, 6.07) is 0. The first kappa shape index (κ1) is 8.96. The van der Waals surface area contributed by atoms with Crippen LogP contribution in [0.15, 0.2) is 24.8 Å². The molecule has 0 fully saturated rings. The molecule has 2 aromatic rings. The molecule has 0 unspecified atom stereocenters. The lowest BCUT2D eigenvalue weighted by Gasteiger charge is -2.07. The summed E-state index contributed by atoms with van der Waals surface area (Å²) in [6.07, 6.45) is 7.32. The Morgan fingerprint density at radius 3 is 2.79 bits per heavy atom. The molecule has 0 aliphatic carbocycles. The van der Waals surface area contributed by atoms with E-state index in [-0.39, 0.29) is 0 Å². The number of hydrogen-bond acceptors (Lipinski definition) is 3. The number of nitrogens with zero attached hydrogens (tertiary/aromatic N) is 4. The minimum absolute atomic E-state index is 0.420. The standard InChI is InChI=1S/C9H13N5/c1-2-13-5-3-12-9(13)14-6-4-11-8(14)7-10/h3-6H,2,7,10H2,1H3. The average molecular weight is 191 g/mol. The zero-order valence-electron chi connectivity index (χ0n) is 8.09. The van der Waals surface area contributed by atoms with Crippen molar-refractivity contribution in [3.8, 4) is 5.95 Å². The highest BCUT2D eigenvalue weighted by atomic mass is 15.3. The third-order valence-electron chi connectivity index (χ3n) is 2.15. The molecule has 5 heteroatoms. The molecule has 2 N–H and O–H groups in total. The van der Waals surface area contributed by atoms with Crippen LogP contribution in [0.3, 0.4) is 0 Å². The van der Waals surface area contributed by atoms with E-state index < -0.39 is 0 Å². The summed E-state index contributed by atoms with van der Waals surface area (Å²) >= 11 is 0. The quantitative estimate of drug-likeness (QED) is 0.770. The van der Waals surface area contributed by atoms with Crippen molar-refractivity contribution in [1.82, 2.24) is 19.1 Å². The summed E-state index contributed by atoms with van der Waals surface area (Å²) in [5.41, 5.74) is 5.57. The normalized spacial score (nSPS) is 10.7. The number of hydrogen-bond donors (Lipinski definition) is 1. The van der Waals surface area contributed by atoms with Gasteiger partial charge < -0.3 is 10.3 Å². The van der Waals surface area contributed by atoms with Gasteiger partial charge in [-0.15, -0.1) is 0 Å². The van der Waals surface area contributed by atoms with E-state index in [1.165, 1.54) is 0 Å². The molecule has 0 radical (unpaired) electrons. The highest BCUT2D eigenvalue weighted by Crippen LogP contribution is 2.07. The van der Waals surface area contributed by atoms with Crippen molar-refractivity contribution in [2.24, 2.45) is 5.73 Å². The second-order valence-corrected chi connectivity index (χ2v) is 2.93. The van der Waals surface area contributed by atoms with Crippen molar-refractivity contribution in [3.63, 3.8) is 0 Å². The third kappa shape index (κ3) is 1.31. The van der Waals surface area contributed by atoms with Gasteiger partial charge in [-0.05, 0) is 6.92 Å². The van der Waals surface area contributed by atoms with Crippen LogP contribution < -0.4 is 5.73 Å². The molecular weight excluding hydrogens is 178 g/mol. The van der Waals surface area contributed by atoms with Gasteiger partial charge >= 0.3 is 0 Å². The van der Waals surface area contributed by atoms with E-state index in [1.54, 1.807) is 12.4 Å². The molecule has 2 heterocycles. The Morgan fingerprint density at radius 1 is 1.29 bits per heavy atom. The van der Waals surface area contributed by atoms with E-state index in [9.17, 15) is 0 Å². The van der Waals surface area contributed by atoms with Crippen LogP contribution in [-0.2, 0) is 13.1 Å². The number of aryl methyl sites for hydroxylation is 1. The van der Waals surface area contributed by atoms with Crippen LogP contribution in [0.5, 0.6) is 0 Å². The molecule has 0 aliphatic heterocycles. The Hall–Kier alpha value is -1.62. The van der Waals surface area contributed by atoms with Gasteiger partial charge in [0, 0.05) is 31.3 Å². The Labute approximate surface area is 82.2 Å². The van der Waals surface area contributed by atoms with Crippen LogP contribution in [-0.4, -0.2) is 19.1 Å². The summed E-state index contributed by atoms with van der Waals surface area (Å²) in [6.45, 7) is 3.38. The van der Waals surface area contributed by atoms with E-state index in [4.69, 9.17) is 5.73 Å². The van der Waals surface area contributed by atoms with Crippen molar-refractivity contribution in [2.75, 3.05) is 0 Å². The molecule has 0 saturated heterocycles. The fourth-order valence-corrected chi connectivity index (χ4v) is 1.44. The van der Waals surface area contributed by atoms with Crippen molar-refractivity contribution in [2.45, 2.75) is 20.0 Å². The largest absolute Gasteiger partial charge is 0.324 e. The fraction of sp³-hybridized carbons (Fsp3) is 0.333. The molecule has 0 spiro atoms. The SMILES string of the molecule is CCn1ccnc1-n1ccnc1CN. The summed E-state index contributed by atoms with van der Waals surface area (Å²) < 4.78 is 3.95. The number of rotatable bonds is 3. The second-order valence-electron chi connectivity index (χ2n) is 2.93. The summed E-state index contributed by atoms with van der Waals surface area (Å²) in [4.78, 5) is 8.42. The number of imidazole rings is 2. The molecule has 0 aliphatic rings. The van der Waals surface area contributed by atoms with E-state index in [0.29, 0.717) is 6.54 Å². The Morgan fingerprint density at radius 2 is 2.07 bits per heavy atom. The lowest BCUT2D eigenvalue weighted by Crippen LogP contribution is -2.11. The van der Waals surface area contributed by atoms with Crippen LogP contribution in [0.2, 0.25) is 0 Å². The van der Waals surface area contributed by atoms with Gasteiger partial charge in [0.05, 0.1) is 6.54 Å². The smallest absolute Gasteiger partial charge is 0.215 e. The first-order chi connectivity index (χ1) is 6.86. The Kier molecular flexibility index (Phi) is 2.32. The van der Waals surface area contributed by atoms with Gasteiger partial charge in [0.25, 0.3) is 0 Å². The lowest BCUT2D eigenvalue weighted by molar-refractivity contribution is 0.701. The first-order valence-electron chi connectivity index (χ1n) is 4.60.